The number of anilines is 1. The molecule has 1 aromatic carbocycles. The van der Waals surface area contributed by atoms with Crippen LogP contribution in [0.4, 0.5) is 5.82 Å². The quantitative estimate of drug-likeness (QED) is 0.723. The summed E-state index contributed by atoms with van der Waals surface area (Å²) in [5, 5.41) is 0. The molecule has 0 saturated carbocycles. The summed E-state index contributed by atoms with van der Waals surface area (Å²) in [5.41, 5.74) is 5.01. The topological polar surface area (TPSA) is 46.8 Å². The molecule has 5 nitrogen and oxygen atoms in total. The Labute approximate surface area is 154 Å². The highest BCUT2D eigenvalue weighted by Gasteiger charge is 2.35. The Morgan fingerprint density at radius 1 is 1.04 bits per heavy atom. The number of imidazole rings is 1. The molecule has 0 radical (unpaired) electrons. The predicted molar refractivity (Wildman–Crippen MR) is 104 cm³/mol. The molecule has 0 N–H and O–H groups in total. The third-order valence-electron chi connectivity index (χ3n) is 5.69. The first-order valence-electron chi connectivity index (χ1n) is 9.70. The number of hydrogen-bond donors (Lipinski definition) is 0. The zero-order valence-electron chi connectivity index (χ0n) is 15.7. The molecule has 0 atom stereocenters. The van der Waals surface area contributed by atoms with Crippen molar-refractivity contribution in [3.8, 4) is 0 Å². The number of hydrogen-bond acceptors (Lipinski definition) is 4. The van der Waals surface area contributed by atoms with Gasteiger partial charge < -0.3 is 9.47 Å². The molecule has 0 bridgehead atoms. The predicted octanol–water partition coefficient (Wildman–Crippen LogP) is 3.81. The van der Waals surface area contributed by atoms with Crippen molar-refractivity contribution < 1.29 is 0 Å². The van der Waals surface area contributed by atoms with E-state index >= 15 is 0 Å². The van der Waals surface area contributed by atoms with Crippen molar-refractivity contribution in [2.45, 2.75) is 52.0 Å². The summed E-state index contributed by atoms with van der Waals surface area (Å²) < 4.78 is 2.46. The van der Waals surface area contributed by atoms with Crippen LogP contribution in [-0.2, 0) is 12.8 Å². The normalized spacial score (nSPS) is 17.2. The summed E-state index contributed by atoms with van der Waals surface area (Å²) in [6.45, 7) is 8.48. The Balaban J connectivity index is 1.48. The molecule has 0 spiro atoms. The van der Waals surface area contributed by atoms with E-state index in [0.29, 0.717) is 12.0 Å². The van der Waals surface area contributed by atoms with Crippen molar-refractivity contribution in [3.05, 3.63) is 47.2 Å². The van der Waals surface area contributed by atoms with Gasteiger partial charge in [0.2, 0.25) is 0 Å². The highest BCUT2D eigenvalue weighted by atomic mass is 15.3. The lowest BCUT2D eigenvalue weighted by atomic mass is 10.1. The molecule has 3 heterocycles. The van der Waals surface area contributed by atoms with Crippen molar-refractivity contribution in [2.75, 3.05) is 18.0 Å². The van der Waals surface area contributed by atoms with E-state index in [1.54, 1.807) is 0 Å². The average Bonchev–Trinajstić information content (AvgIpc) is 3.18. The van der Waals surface area contributed by atoms with Crippen LogP contribution >= 0.6 is 0 Å². The summed E-state index contributed by atoms with van der Waals surface area (Å²) in [7, 11) is 0. The van der Waals surface area contributed by atoms with E-state index in [9.17, 15) is 0 Å². The molecule has 5 heteroatoms. The number of para-hydroxylation sites is 2. The molecule has 0 unspecified atom stereocenters. The average molecular weight is 347 g/mol. The van der Waals surface area contributed by atoms with Crippen molar-refractivity contribution >= 4 is 16.9 Å². The molecule has 2 aromatic heterocycles. The Hall–Kier alpha value is -2.43. The van der Waals surface area contributed by atoms with Gasteiger partial charge in [0.05, 0.1) is 17.1 Å². The fourth-order valence-corrected chi connectivity index (χ4v) is 4.44. The first-order chi connectivity index (χ1) is 12.6. The highest BCUT2D eigenvalue weighted by molar-refractivity contribution is 5.76. The molecule has 1 aliphatic heterocycles. The van der Waals surface area contributed by atoms with E-state index in [0.717, 1.165) is 37.3 Å². The van der Waals surface area contributed by atoms with Gasteiger partial charge in [-0.3, -0.25) is 0 Å². The Morgan fingerprint density at radius 3 is 2.65 bits per heavy atom. The summed E-state index contributed by atoms with van der Waals surface area (Å²) in [6, 6.07) is 8.97. The van der Waals surface area contributed by atoms with Gasteiger partial charge in [0.15, 0.2) is 0 Å². The maximum absolute atomic E-state index is 4.90. The minimum atomic E-state index is 0.419. The minimum absolute atomic E-state index is 0.419. The van der Waals surface area contributed by atoms with E-state index in [2.05, 4.69) is 52.6 Å². The smallest absolute Gasteiger partial charge is 0.135 e. The maximum atomic E-state index is 4.90. The Bertz CT molecular complexity index is 981. The molecule has 134 valence electrons. The van der Waals surface area contributed by atoms with Crippen LogP contribution in [0.1, 0.15) is 55.1 Å². The third kappa shape index (κ3) is 2.33. The van der Waals surface area contributed by atoms with Gasteiger partial charge in [-0.25, -0.2) is 15.0 Å². The third-order valence-corrected chi connectivity index (χ3v) is 5.69. The number of fused-ring (bicyclic) bond motifs is 2. The van der Waals surface area contributed by atoms with Gasteiger partial charge >= 0.3 is 0 Å². The first-order valence-corrected chi connectivity index (χ1v) is 9.70. The summed E-state index contributed by atoms with van der Waals surface area (Å²) in [5.74, 6) is 3.69. The second-order valence-corrected chi connectivity index (χ2v) is 7.92. The fraction of sp³-hybridized carbons (Fsp3) is 0.476. The lowest BCUT2D eigenvalue weighted by molar-refractivity contribution is 0.389. The van der Waals surface area contributed by atoms with E-state index in [-0.39, 0.29) is 0 Å². The number of nitrogens with zero attached hydrogens (tertiary/aromatic N) is 5. The molecule has 1 fully saturated rings. The highest BCUT2D eigenvalue weighted by Crippen LogP contribution is 2.36. The van der Waals surface area contributed by atoms with Gasteiger partial charge in [-0.15, -0.1) is 0 Å². The largest absolute Gasteiger partial charge is 0.352 e. The van der Waals surface area contributed by atoms with Crippen LogP contribution in [0, 0.1) is 6.92 Å². The van der Waals surface area contributed by atoms with Crippen LogP contribution in [0.25, 0.3) is 11.0 Å². The zero-order chi connectivity index (χ0) is 17.8. The van der Waals surface area contributed by atoms with Crippen molar-refractivity contribution in [2.24, 2.45) is 0 Å². The molecule has 0 amide bonds. The van der Waals surface area contributed by atoms with Crippen LogP contribution in [0.3, 0.4) is 0 Å². The Kier molecular flexibility index (Phi) is 3.52. The summed E-state index contributed by atoms with van der Waals surface area (Å²) in [6.07, 6.45) is 3.44. The van der Waals surface area contributed by atoms with Gasteiger partial charge in [-0.1, -0.05) is 26.0 Å². The summed E-state index contributed by atoms with van der Waals surface area (Å²) >= 11 is 0. The van der Waals surface area contributed by atoms with E-state index in [1.807, 2.05) is 6.92 Å². The molecule has 26 heavy (non-hydrogen) atoms. The lowest BCUT2D eigenvalue weighted by Gasteiger charge is -2.42. The molecular formula is C21H25N5. The SMILES string of the molecule is Cc1nc2c(c(N3CC(n4c(C(C)C)nc5ccccc54)C3)n1)CCC2. The van der Waals surface area contributed by atoms with Crippen molar-refractivity contribution in [1.29, 1.82) is 0 Å². The van der Waals surface area contributed by atoms with Crippen LogP contribution in [0.15, 0.2) is 24.3 Å². The molecule has 5 rings (SSSR count). The van der Waals surface area contributed by atoms with E-state index < -0.39 is 0 Å². The first kappa shape index (κ1) is 15.8. The van der Waals surface area contributed by atoms with Gasteiger partial charge in [-0.2, -0.15) is 0 Å². The van der Waals surface area contributed by atoms with E-state index in [1.165, 1.54) is 34.8 Å². The molecule has 2 aliphatic rings. The van der Waals surface area contributed by atoms with Crippen LogP contribution in [0.2, 0.25) is 0 Å². The number of rotatable bonds is 3. The van der Waals surface area contributed by atoms with Gasteiger partial charge in [0.25, 0.3) is 0 Å². The molecular weight excluding hydrogens is 322 g/mol. The van der Waals surface area contributed by atoms with Gasteiger partial charge in [0, 0.05) is 30.3 Å². The fourth-order valence-electron chi connectivity index (χ4n) is 4.44. The van der Waals surface area contributed by atoms with Crippen LogP contribution < -0.4 is 4.90 Å². The number of aryl methyl sites for hydroxylation is 2. The van der Waals surface area contributed by atoms with Crippen LogP contribution in [0.5, 0.6) is 0 Å². The summed E-state index contributed by atoms with van der Waals surface area (Å²) in [4.78, 5) is 16.8. The van der Waals surface area contributed by atoms with Gasteiger partial charge in [-0.05, 0) is 38.3 Å². The van der Waals surface area contributed by atoms with E-state index in [4.69, 9.17) is 9.97 Å². The van der Waals surface area contributed by atoms with Gasteiger partial charge in [0.1, 0.15) is 17.5 Å². The number of aromatic nitrogens is 4. The number of benzene rings is 1. The minimum Gasteiger partial charge on any atom is -0.352 e. The Morgan fingerprint density at radius 2 is 1.85 bits per heavy atom. The monoisotopic (exact) mass is 347 g/mol. The zero-order valence-corrected chi connectivity index (χ0v) is 15.7. The van der Waals surface area contributed by atoms with Crippen molar-refractivity contribution in [1.82, 2.24) is 19.5 Å². The van der Waals surface area contributed by atoms with Crippen molar-refractivity contribution in [3.63, 3.8) is 0 Å². The second kappa shape index (κ2) is 5.79. The molecule has 1 saturated heterocycles. The molecule has 1 aliphatic carbocycles. The maximum Gasteiger partial charge on any atom is 0.135 e. The second-order valence-electron chi connectivity index (χ2n) is 7.92. The molecule has 3 aromatic rings. The van der Waals surface area contributed by atoms with Crippen LogP contribution in [-0.4, -0.2) is 32.6 Å². The standard InChI is InChI=1S/C21H25N5/c1-13(2)20-24-18-8-4-5-10-19(18)26(20)15-11-25(12-15)21-16-7-6-9-17(16)22-14(3)23-21/h4-5,8,10,13,15H,6-7,9,11-12H2,1-3H3. The lowest BCUT2D eigenvalue weighted by Crippen LogP contribution is -2.49.